The molecule has 2 aromatic carbocycles. The summed E-state index contributed by atoms with van der Waals surface area (Å²) in [5, 5.41) is 27.1. The van der Waals surface area contributed by atoms with E-state index in [0.717, 1.165) is 31.2 Å². The average molecular weight is 432 g/mol. The van der Waals surface area contributed by atoms with Crippen LogP contribution in [0.5, 0.6) is 5.75 Å². The molecule has 1 saturated carbocycles. The Hall–Kier alpha value is -3.93. The van der Waals surface area contributed by atoms with Crippen molar-refractivity contribution in [2.24, 2.45) is 0 Å². The number of benzene rings is 2. The summed E-state index contributed by atoms with van der Waals surface area (Å²) in [6.45, 7) is 0.134. The number of aromatic nitrogens is 4. The number of terminal acetylenes is 1. The third kappa shape index (κ3) is 4.70. The van der Waals surface area contributed by atoms with Gasteiger partial charge in [0, 0.05) is 23.4 Å². The summed E-state index contributed by atoms with van der Waals surface area (Å²) in [7, 11) is 0. The number of para-hydroxylation sites is 1. The topological polar surface area (TPSA) is 108 Å². The molecule has 3 aromatic rings. The van der Waals surface area contributed by atoms with Gasteiger partial charge in [0.1, 0.15) is 18.4 Å². The molecule has 1 unspecified atom stereocenters. The standard InChI is InChI=1S/C23H24N6O3/c1-2-16-32-21-11-7-6-10-20(21)22(24-17-12-14-19(15-13-17)29(30)31)23-25-26-27-28(23)18-8-4-3-5-9-18/h1,6-7,10-15,18,22,24H,3-5,8-9,16H2. The number of rotatable bonds is 8. The van der Waals surface area contributed by atoms with E-state index in [1.54, 1.807) is 12.1 Å². The molecule has 9 heteroatoms. The molecule has 0 bridgehead atoms. The summed E-state index contributed by atoms with van der Waals surface area (Å²) >= 11 is 0. The fraction of sp³-hybridized carbons (Fsp3) is 0.348. The largest absolute Gasteiger partial charge is 0.481 e. The molecule has 1 heterocycles. The van der Waals surface area contributed by atoms with Crippen LogP contribution in [0.15, 0.2) is 48.5 Å². The molecule has 0 radical (unpaired) electrons. The van der Waals surface area contributed by atoms with Crippen LogP contribution >= 0.6 is 0 Å². The van der Waals surface area contributed by atoms with Gasteiger partial charge in [0.15, 0.2) is 5.82 Å². The van der Waals surface area contributed by atoms with E-state index in [-0.39, 0.29) is 18.3 Å². The fourth-order valence-corrected chi connectivity index (χ4v) is 4.07. The summed E-state index contributed by atoms with van der Waals surface area (Å²) in [5.74, 6) is 3.78. The Morgan fingerprint density at radius 1 is 1.19 bits per heavy atom. The van der Waals surface area contributed by atoms with E-state index in [0.29, 0.717) is 17.3 Å². The predicted molar refractivity (Wildman–Crippen MR) is 119 cm³/mol. The maximum atomic E-state index is 11.0. The number of anilines is 1. The zero-order chi connectivity index (χ0) is 22.3. The molecule has 1 aliphatic rings. The van der Waals surface area contributed by atoms with Crippen LogP contribution in [-0.4, -0.2) is 31.7 Å². The van der Waals surface area contributed by atoms with Crippen molar-refractivity contribution in [2.75, 3.05) is 11.9 Å². The van der Waals surface area contributed by atoms with Gasteiger partial charge in [0.25, 0.3) is 5.69 Å². The lowest BCUT2D eigenvalue weighted by molar-refractivity contribution is -0.384. The van der Waals surface area contributed by atoms with Crippen molar-refractivity contribution < 1.29 is 9.66 Å². The first-order valence-corrected chi connectivity index (χ1v) is 10.6. The summed E-state index contributed by atoms with van der Waals surface area (Å²) in [5.41, 5.74) is 1.55. The number of nitrogens with one attached hydrogen (secondary N) is 1. The zero-order valence-corrected chi connectivity index (χ0v) is 17.6. The van der Waals surface area contributed by atoms with E-state index in [9.17, 15) is 10.1 Å². The lowest BCUT2D eigenvalue weighted by atomic mass is 9.95. The van der Waals surface area contributed by atoms with E-state index in [1.165, 1.54) is 18.6 Å². The molecule has 0 amide bonds. The smallest absolute Gasteiger partial charge is 0.269 e. The molecule has 32 heavy (non-hydrogen) atoms. The molecule has 4 rings (SSSR count). The minimum Gasteiger partial charge on any atom is -0.481 e. The second-order valence-electron chi connectivity index (χ2n) is 7.69. The van der Waals surface area contributed by atoms with Gasteiger partial charge in [0.05, 0.1) is 11.0 Å². The minimum absolute atomic E-state index is 0.0249. The van der Waals surface area contributed by atoms with E-state index in [1.807, 2.05) is 28.9 Å². The maximum Gasteiger partial charge on any atom is 0.269 e. The molecule has 0 aliphatic heterocycles. The molecular weight excluding hydrogens is 408 g/mol. The van der Waals surface area contributed by atoms with Gasteiger partial charge in [-0.2, -0.15) is 0 Å². The molecule has 1 N–H and O–H groups in total. The lowest BCUT2D eigenvalue weighted by Crippen LogP contribution is -2.23. The van der Waals surface area contributed by atoms with E-state index >= 15 is 0 Å². The highest BCUT2D eigenvalue weighted by atomic mass is 16.6. The highest BCUT2D eigenvalue weighted by Gasteiger charge is 2.28. The van der Waals surface area contributed by atoms with Gasteiger partial charge in [-0.3, -0.25) is 10.1 Å². The maximum absolute atomic E-state index is 11.0. The molecule has 9 nitrogen and oxygen atoms in total. The van der Waals surface area contributed by atoms with Gasteiger partial charge in [-0.1, -0.05) is 43.4 Å². The molecule has 164 valence electrons. The Labute approximate surface area is 185 Å². The van der Waals surface area contributed by atoms with E-state index in [2.05, 4.69) is 26.8 Å². The number of hydrogen-bond acceptors (Lipinski definition) is 7. The van der Waals surface area contributed by atoms with Crippen molar-refractivity contribution in [3.05, 3.63) is 70.0 Å². The Morgan fingerprint density at radius 3 is 2.66 bits per heavy atom. The number of ether oxygens (including phenoxy) is 1. The highest BCUT2D eigenvalue weighted by molar-refractivity contribution is 5.53. The highest BCUT2D eigenvalue weighted by Crippen LogP contribution is 2.35. The van der Waals surface area contributed by atoms with Crippen LogP contribution in [0.3, 0.4) is 0 Å². The zero-order valence-electron chi connectivity index (χ0n) is 17.6. The Bertz CT molecular complexity index is 1100. The molecular formula is C23H24N6O3. The quantitative estimate of drug-likeness (QED) is 0.321. The normalized spacial score (nSPS) is 15.0. The summed E-state index contributed by atoms with van der Waals surface area (Å²) in [6.07, 6.45) is 11.0. The molecule has 1 fully saturated rings. The lowest BCUT2D eigenvalue weighted by Gasteiger charge is -2.26. The van der Waals surface area contributed by atoms with Gasteiger partial charge in [-0.15, -0.1) is 11.5 Å². The van der Waals surface area contributed by atoms with Crippen LogP contribution in [0.4, 0.5) is 11.4 Å². The first kappa shape index (κ1) is 21.3. The number of hydrogen-bond donors (Lipinski definition) is 1. The summed E-state index contributed by atoms with van der Waals surface area (Å²) in [6, 6.07) is 13.6. The van der Waals surface area contributed by atoms with Crippen molar-refractivity contribution in [2.45, 2.75) is 44.2 Å². The van der Waals surface area contributed by atoms with Crippen molar-refractivity contribution in [1.82, 2.24) is 20.2 Å². The van der Waals surface area contributed by atoms with Gasteiger partial charge < -0.3 is 10.1 Å². The number of nitro groups is 1. The monoisotopic (exact) mass is 432 g/mol. The molecule has 0 spiro atoms. The Morgan fingerprint density at radius 2 is 1.94 bits per heavy atom. The Kier molecular flexibility index (Phi) is 6.60. The van der Waals surface area contributed by atoms with Gasteiger partial charge in [-0.25, -0.2) is 4.68 Å². The number of tetrazole rings is 1. The summed E-state index contributed by atoms with van der Waals surface area (Å²) < 4.78 is 7.70. The third-order valence-electron chi connectivity index (χ3n) is 5.63. The number of non-ortho nitro benzene ring substituents is 1. The minimum atomic E-state index is -0.442. The van der Waals surface area contributed by atoms with E-state index in [4.69, 9.17) is 11.2 Å². The van der Waals surface area contributed by atoms with Gasteiger partial charge >= 0.3 is 0 Å². The summed E-state index contributed by atoms with van der Waals surface area (Å²) in [4.78, 5) is 10.6. The van der Waals surface area contributed by atoms with E-state index < -0.39 is 11.0 Å². The van der Waals surface area contributed by atoms with Crippen LogP contribution in [0.1, 0.15) is 55.6 Å². The molecule has 1 atom stereocenters. The van der Waals surface area contributed by atoms with Crippen molar-refractivity contribution in [3.63, 3.8) is 0 Å². The first-order valence-electron chi connectivity index (χ1n) is 10.6. The van der Waals surface area contributed by atoms with Crippen LogP contribution < -0.4 is 10.1 Å². The average Bonchev–Trinajstić information content (AvgIpc) is 3.32. The fourth-order valence-electron chi connectivity index (χ4n) is 4.07. The van der Waals surface area contributed by atoms with Crippen molar-refractivity contribution >= 4 is 11.4 Å². The predicted octanol–water partition coefficient (Wildman–Crippen LogP) is 4.30. The first-order chi connectivity index (χ1) is 15.7. The second kappa shape index (κ2) is 9.92. The Balaban J connectivity index is 1.74. The third-order valence-corrected chi connectivity index (χ3v) is 5.63. The van der Waals surface area contributed by atoms with Crippen molar-refractivity contribution in [1.29, 1.82) is 0 Å². The van der Waals surface area contributed by atoms with Crippen LogP contribution in [0.25, 0.3) is 0 Å². The SMILES string of the molecule is C#CCOc1ccccc1C(Nc1ccc([N+](=O)[O-])cc1)c1nnnn1C1CCCCC1. The molecule has 1 aliphatic carbocycles. The van der Waals surface area contributed by atoms with Crippen LogP contribution in [0.2, 0.25) is 0 Å². The number of nitrogens with zero attached hydrogens (tertiary/aromatic N) is 5. The second-order valence-corrected chi connectivity index (χ2v) is 7.69. The molecule has 1 aromatic heterocycles. The van der Waals surface area contributed by atoms with Crippen LogP contribution in [-0.2, 0) is 0 Å². The van der Waals surface area contributed by atoms with Crippen molar-refractivity contribution in [3.8, 4) is 18.1 Å². The number of nitro benzene ring substituents is 1. The molecule has 0 saturated heterocycles. The van der Waals surface area contributed by atoms with Gasteiger partial charge in [0.2, 0.25) is 0 Å². The van der Waals surface area contributed by atoms with Gasteiger partial charge in [-0.05, 0) is 41.5 Å². The van der Waals surface area contributed by atoms with Crippen LogP contribution in [0, 0.1) is 22.5 Å².